The molecule has 0 saturated heterocycles. The van der Waals surface area contributed by atoms with Crippen LogP contribution in [0.3, 0.4) is 0 Å². The maximum Gasteiger partial charge on any atom is 0.238 e. The molecule has 1 aromatic carbocycles. The Bertz CT molecular complexity index is 652. The Morgan fingerprint density at radius 2 is 2.00 bits per heavy atom. The number of carbonyl (C=O) groups is 1. The van der Waals surface area contributed by atoms with Crippen LogP contribution in [0.4, 0.5) is 5.69 Å². The van der Waals surface area contributed by atoms with Gasteiger partial charge in [0, 0.05) is 5.69 Å². The Balaban J connectivity index is 2.07. The summed E-state index contributed by atoms with van der Waals surface area (Å²) in [6.45, 7) is 4.68. The van der Waals surface area contributed by atoms with Crippen LogP contribution in [-0.2, 0) is 14.8 Å². The highest BCUT2D eigenvalue weighted by Crippen LogP contribution is 2.27. The molecule has 0 aliphatic heterocycles. The molecule has 7 heteroatoms. The van der Waals surface area contributed by atoms with Crippen molar-refractivity contribution in [3.8, 4) is 0 Å². The van der Waals surface area contributed by atoms with Crippen molar-refractivity contribution in [1.29, 1.82) is 0 Å². The van der Waals surface area contributed by atoms with Gasteiger partial charge in [-0.05, 0) is 62.4 Å². The van der Waals surface area contributed by atoms with E-state index in [9.17, 15) is 13.2 Å². The van der Waals surface area contributed by atoms with Crippen molar-refractivity contribution in [3.63, 3.8) is 0 Å². The molecular formula is C14H21N3O3S. The molecule has 0 heterocycles. The van der Waals surface area contributed by atoms with Gasteiger partial charge in [-0.15, -0.1) is 0 Å². The third kappa shape index (κ3) is 4.52. The highest BCUT2D eigenvalue weighted by Gasteiger charge is 2.20. The smallest absolute Gasteiger partial charge is 0.238 e. The van der Waals surface area contributed by atoms with E-state index in [0.717, 1.165) is 17.7 Å². The van der Waals surface area contributed by atoms with E-state index in [-0.39, 0.29) is 17.3 Å². The second-order valence-corrected chi connectivity index (χ2v) is 7.14. The molecule has 2 rings (SSSR count). The quantitative estimate of drug-likeness (QED) is 0.726. The lowest BCUT2D eigenvalue weighted by Crippen LogP contribution is -2.29. The molecule has 0 aromatic heterocycles. The number of nitrogens with two attached hydrogens (primary N) is 1. The SMILES string of the molecule is Cc1cc(S(N)(=O)=O)cc(NC(=O)CNCC2CC2)c1C. The molecule has 1 fully saturated rings. The summed E-state index contributed by atoms with van der Waals surface area (Å²) in [5, 5.41) is 11.0. The van der Waals surface area contributed by atoms with Crippen molar-refractivity contribution < 1.29 is 13.2 Å². The number of hydrogen-bond donors (Lipinski definition) is 3. The zero-order valence-corrected chi connectivity index (χ0v) is 13.1. The zero-order chi connectivity index (χ0) is 15.6. The van der Waals surface area contributed by atoms with Gasteiger partial charge in [0.25, 0.3) is 0 Å². The number of rotatable bonds is 6. The van der Waals surface area contributed by atoms with Crippen LogP contribution in [-0.4, -0.2) is 27.4 Å². The monoisotopic (exact) mass is 311 g/mol. The van der Waals surface area contributed by atoms with Crippen LogP contribution in [0.5, 0.6) is 0 Å². The first kappa shape index (κ1) is 15.9. The summed E-state index contributed by atoms with van der Waals surface area (Å²) in [4.78, 5) is 11.9. The minimum Gasteiger partial charge on any atom is -0.325 e. The lowest BCUT2D eigenvalue weighted by Gasteiger charge is -2.13. The molecule has 1 aromatic rings. The highest BCUT2D eigenvalue weighted by molar-refractivity contribution is 7.89. The Labute approximate surface area is 125 Å². The number of sulfonamides is 1. The van der Waals surface area contributed by atoms with E-state index < -0.39 is 10.0 Å². The van der Waals surface area contributed by atoms with Crippen molar-refractivity contribution in [2.75, 3.05) is 18.4 Å². The second-order valence-electron chi connectivity index (χ2n) is 5.58. The first-order valence-electron chi connectivity index (χ1n) is 6.92. The van der Waals surface area contributed by atoms with Crippen LogP contribution in [0, 0.1) is 19.8 Å². The first-order valence-corrected chi connectivity index (χ1v) is 8.46. The van der Waals surface area contributed by atoms with E-state index in [1.165, 1.54) is 25.0 Å². The molecule has 0 atom stereocenters. The van der Waals surface area contributed by atoms with Crippen molar-refractivity contribution in [1.82, 2.24) is 5.32 Å². The van der Waals surface area contributed by atoms with Crippen LogP contribution in [0.1, 0.15) is 24.0 Å². The highest BCUT2D eigenvalue weighted by atomic mass is 32.2. The molecule has 1 aliphatic rings. The number of primary sulfonamides is 1. The van der Waals surface area contributed by atoms with Gasteiger partial charge < -0.3 is 10.6 Å². The summed E-state index contributed by atoms with van der Waals surface area (Å²) in [7, 11) is -3.79. The average Bonchev–Trinajstić information content (AvgIpc) is 3.17. The van der Waals surface area contributed by atoms with E-state index in [1.807, 2.05) is 6.92 Å². The largest absolute Gasteiger partial charge is 0.325 e. The second kappa shape index (κ2) is 6.13. The number of aryl methyl sites for hydroxylation is 1. The normalized spacial score (nSPS) is 15.0. The molecule has 0 bridgehead atoms. The van der Waals surface area contributed by atoms with Gasteiger partial charge in [-0.25, -0.2) is 13.6 Å². The Kier molecular flexibility index (Phi) is 4.65. The van der Waals surface area contributed by atoms with Crippen molar-refractivity contribution >= 4 is 21.6 Å². The number of hydrogen-bond acceptors (Lipinski definition) is 4. The van der Waals surface area contributed by atoms with Gasteiger partial charge in [0.15, 0.2) is 0 Å². The molecule has 116 valence electrons. The van der Waals surface area contributed by atoms with E-state index in [2.05, 4.69) is 10.6 Å². The summed E-state index contributed by atoms with van der Waals surface area (Å²) in [5.74, 6) is 0.511. The fourth-order valence-corrected chi connectivity index (χ4v) is 2.65. The van der Waals surface area contributed by atoms with Gasteiger partial charge in [-0.1, -0.05) is 0 Å². The summed E-state index contributed by atoms with van der Waals surface area (Å²) >= 11 is 0. The standard InChI is InChI=1S/C14H21N3O3S/c1-9-5-12(21(15,19)20)6-13(10(9)2)17-14(18)8-16-7-11-3-4-11/h5-6,11,16H,3-4,7-8H2,1-2H3,(H,17,18)(H2,15,19,20). The van der Waals surface area contributed by atoms with Crippen molar-refractivity contribution in [2.24, 2.45) is 11.1 Å². The summed E-state index contributed by atoms with van der Waals surface area (Å²) in [5.41, 5.74) is 2.08. The number of nitrogens with one attached hydrogen (secondary N) is 2. The lowest BCUT2D eigenvalue weighted by molar-refractivity contribution is -0.115. The van der Waals surface area contributed by atoms with Crippen LogP contribution < -0.4 is 15.8 Å². The maximum atomic E-state index is 11.9. The molecule has 1 saturated carbocycles. The van der Waals surface area contributed by atoms with Crippen LogP contribution in [0.25, 0.3) is 0 Å². The lowest BCUT2D eigenvalue weighted by atomic mass is 10.1. The molecule has 0 spiro atoms. The molecular weight excluding hydrogens is 290 g/mol. The van der Waals surface area contributed by atoms with Crippen LogP contribution in [0.15, 0.2) is 17.0 Å². The Morgan fingerprint density at radius 1 is 1.33 bits per heavy atom. The third-order valence-corrected chi connectivity index (χ3v) is 4.55. The van der Waals surface area contributed by atoms with Gasteiger partial charge in [0.1, 0.15) is 0 Å². The van der Waals surface area contributed by atoms with Gasteiger partial charge in [0.05, 0.1) is 11.4 Å². The predicted molar refractivity (Wildman–Crippen MR) is 81.5 cm³/mol. The minimum absolute atomic E-state index is 0.00633. The molecule has 21 heavy (non-hydrogen) atoms. The first-order chi connectivity index (χ1) is 9.77. The van der Waals surface area contributed by atoms with Gasteiger partial charge in [0.2, 0.25) is 15.9 Å². The topological polar surface area (TPSA) is 101 Å². The van der Waals surface area contributed by atoms with E-state index in [1.54, 1.807) is 6.92 Å². The Morgan fingerprint density at radius 3 is 2.57 bits per heavy atom. The van der Waals surface area contributed by atoms with Crippen LogP contribution in [0.2, 0.25) is 0 Å². The summed E-state index contributed by atoms with van der Waals surface area (Å²) < 4.78 is 22.9. The Hall–Kier alpha value is -1.44. The number of carbonyl (C=O) groups excluding carboxylic acids is 1. The van der Waals surface area contributed by atoms with E-state index in [4.69, 9.17) is 5.14 Å². The number of benzene rings is 1. The molecule has 0 unspecified atom stereocenters. The zero-order valence-electron chi connectivity index (χ0n) is 12.3. The van der Waals surface area contributed by atoms with Gasteiger partial charge in [-0.3, -0.25) is 4.79 Å². The van der Waals surface area contributed by atoms with Crippen molar-refractivity contribution in [2.45, 2.75) is 31.6 Å². The summed E-state index contributed by atoms with van der Waals surface area (Å²) in [6.07, 6.45) is 2.45. The van der Waals surface area contributed by atoms with Crippen molar-refractivity contribution in [3.05, 3.63) is 23.3 Å². The predicted octanol–water partition coefficient (Wildman–Crippen LogP) is 0.889. The van der Waals surface area contributed by atoms with E-state index in [0.29, 0.717) is 11.6 Å². The molecule has 1 amide bonds. The molecule has 4 N–H and O–H groups in total. The van der Waals surface area contributed by atoms with E-state index >= 15 is 0 Å². The molecule has 0 radical (unpaired) electrons. The van der Waals surface area contributed by atoms with Gasteiger partial charge >= 0.3 is 0 Å². The minimum atomic E-state index is -3.79. The molecule has 6 nitrogen and oxygen atoms in total. The molecule has 1 aliphatic carbocycles. The van der Waals surface area contributed by atoms with Gasteiger partial charge in [-0.2, -0.15) is 0 Å². The summed E-state index contributed by atoms with van der Waals surface area (Å²) in [6, 6.07) is 2.90. The third-order valence-electron chi connectivity index (χ3n) is 3.66. The van der Waals surface area contributed by atoms with Crippen LogP contribution >= 0.6 is 0 Å². The fourth-order valence-electron chi connectivity index (χ4n) is 2.03. The average molecular weight is 311 g/mol. The number of amides is 1. The maximum absolute atomic E-state index is 11.9. The fraction of sp³-hybridized carbons (Fsp3) is 0.500. The number of anilines is 1.